The van der Waals surface area contributed by atoms with E-state index < -0.39 is 18.0 Å². The van der Waals surface area contributed by atoms with Crippen molar-refractivity contribution in [3.63, 3.8) is 0 Å². The first-order valence-corrected chi connectivity index (χ1v) is 8.18. The molecular formula is C17H18N2O4S. The summed E-state index contributed by atoms with van der Waals surface area (Å²) in [6.07, 6.45) is -0.922. The molecule has 126 valence electrons. The highest BCUT2D eigenvalue weighted by molar-refractivity contribution is 7.12. The molecule has 0 saturated heterocycles. The maximum absolute atomic E-state index is 12.1. The lowest BCUT2D eigenvalue weighted by Crippen LogP contribution is -2.29. The number of benzene rings is 1. The van der Waals surface area contributed by atoms with Gasteiger partial charge >= 0.3 is 5.97 Å². The van der Waals surface area contributed by atoms with E-state index in [9.17, 15) is 14.4 Å². The topological polar surface area (TPSA) is 84.5 Å². The molecule has 0 aliphatic rings. The van der Waals surface area contributed by atoms with E-state index in [0.29, 0.717) is 16.3 Å². The lowest BCUT2D eigenvalue weighted by Gasteiger charge is -2.13. The van der Waals surface area contributed by atoms with Gasteiger partial charge in [0.1, 0.15) is 4.88 Å². The van der Waals surface area contributed by atoms with Crippen LogP contribution in [0.3, 0.4) is 0 Å². The van der Waals surface area contributed by atoms with Gasteiger partial charge in [-0.1, -0.05) is 0 Å². The predicted octanol–water partition coefficient (Wildman–Crippen LogP) is 3.20. The van der Waals surface area contributed by atoms with E-state index in [2.05, 4.69) is 10.6 Å². The van der Waals surface area contributed by atoms with Crippen LogP contribution >= 0.6 is 11.3 Å². The lowest BCUT2D eigenvalue weighted by molar-refractivity contribution is -0.123. The zero-order valence-electron chi connectivity index (χ0n) is 13.6. The molecule has 0 aliphatic heterocycles. The third kappa shape index (κ3) is 4.66. The predicted molar refractivity (Wildman–Crippen MR) is 93.3 cm³/mol. The molecule has 6 nitrogen and oxygen atoms in total. The van der Waals surface area contributed by atoms with Gasteiger partial charge in [-0.2, -0.15) is 0 Å². The number of amides is 2. The molecule has 2 amide bonds. The molecule has 1 aromatic heterocycles. The van der Waals surface area contributed by atoms with Gasteiger partial charge in [-0.3, -0.25) is 9.59 Å². The molecule has 0 radical (unpaired) electrons. The SMILES string of the molecule is CC(=O)Nc1ccc(NC(=O)[C@H](C)OC(=O)c2sccc2C)cc1. The number of hydrogen-bond acceptors (Lipinski definition) is 5. The number of rotatable bonds is 5. The van der Waals surface area contributed by atoms with E-state index in [1.165, 1.54) is 25.2 Å². The fourth-order valence-corrected chi connectivity index (χ4v) is 2.74. The summed E-state index contributed by atoms with van der Waals surface area (Å²) >= 11 is 1.28. The first-order valence-electron chi connectivity index (χ1n) is 7.30. The molecule has 0 spiro atoms. The monoisotopic (exact) mass is 346 g/mol. The number of ether oxygens (including phenoxy) is 1. The van der Waals surface area contributed by atoms with Crippen molar-refractivity contribution in [2.75, 3.05) is 10.6 Å². The van der Waals surface area contributed by atoms with Crippen molar-refractivity contribution in [1.82, 2.24) is 0 Å². The zero-order chi connectivity index (χ0) is 17.7. The largest absolute Gasteiger partial charge is 0.448 e. The number of anilines is 2. The Morgan fingerprint density at radius 2 is 1.62 bits per heavy atom. The van der Waals surface area contributed by atoms with E-state index in [-0.39, 0.29) is 5.91 Å². The highest BCUT2D eigenvalue weighted by Crippen LogP contribution is 2.18. The Bertz CT molecular complexity index is 752. The molecule has 2 rings (SSSR count). The van der Waals surface area contributed by atoms with E-state index in [4.69, 9.17) is 4.74 Å². The molecule has 1 atom stereocenters. The van der Waals surface area contributed by atoms with Crippen molar-refractivity contribution in [3.05, 3.63) is 46.2 Å². The van der Waals surface area contributed by atoms with E-state index in [1.807, 2.05) is 13.0 Å². The molecule has 0 unspecified atom stereocenters. The van der Waals surface area contributed by atoms with Crippen LogP contribution in [0.1, 0.15) is 29.1 Å². The normalized spacial score (nSPS) is 11.5. The Morgan fingerprint density at radius 1 is 1.04 bits per heavy atom. The third-order valence-corrected chi connectivity index (χ3v) is 4.17. The van der Waals surface area contributed by atoms with Crippen LogP contribution in [0.25, 0.3) is 0 Å². The van der Waals surface area contributed by atoms with Crippen LogP contribution in [0.2, 0.25) is 0 Å². The Kier molecular flexibility index (Phi) is 5.70. The Balaban J connectivity index is 1.92. The van der Waals surface area contributed by atoms with E-state index in [1.54, 1.807) is 29.6 Å². The Morgan fingerprint density at radius 3 is 2.12 bits per heavy atom. The van der Waals surface area contributed by atoms with Gasteiger partial charge in [-0.05, 0) is 55.1 Å². The van der Waals surface area contributed by atoms with Crippen LogP contribution < -0.4 is 10.6 Å². The van der Waals surface area contributed by atoms with Crippen LogP contribution in [0, 0.1) is 6.92 Å². The summed E-state index contributed by atoms with van der Waals surface area (Å²) in [6, 6.07) is 8.47. The second-order valence-electron chi connectivity index (χ2n) is 5.23. The van der Waals surface area contributed by atoms with Crippen LogP contribution in [0.4, 0.5) is 11.4 Å². The molecular weight excluding hydrogens is 328 g/mol. The zero-order valence-corrected chi connectivity index (χ0v) is 14.4. The number of carbonyl (C=O) groups excluding carboxylic acids is 3. The molecule has 7 heteroatoms. The first kappa shape index (κ1) is 17.7. The minimum atomic E-state index is -0.922. The quantitative estimate of drug-likeness (QED) is 0.814. The first-order chi connectivity index (χ1) is 11.4. The molecule has 1 aromatic carbocycles. The average molecular weight is 346 g/mol. The maximum atomic E-state index is 12.1. The van der Waals surface area contributed by atoms with E-state index >= 15 is 0 Å². The van der Waals surface area contributed by atoms with Crippen LogP contribution in [-0.4, -0.2) is 23.9 Å². The fraction of sp³-hybridized carbons (Fsp3) is 0.235. The van der Waals surface area contributed by atoms with Gasteiger partial charge in [0.15, 0.2) is 6.10 Å². The molecule has 2 aromatic rings. The molecule has 0 bridgehead atoms. The molecule has 24 heavy (non-hydrogen) atoms. The summed E-state index contributed by atoms with van der Waals surface area (Å²) < 4.78 is 5.19. The van der Waals surface area contributed by atoms with Gasteiger partial charge in [-0.25, -0.2) is 4.79 Å². The van der Waals surface area contributed by atoms with Crippen LogP contribution in [0.5, 0.6) is 0 Å². The van der Waals surface area contributed by atoms with Crippen molar-refractivity contribution in [2.45, 2.75) is 26.9 Å². The molecule has 0 fully saturated rings. The van der Waals surface area contributed by atoms with Crippen molar-refractivity contribution in [3.8, 4) is 0 Å². The lowest BCUT2D eigenvalue weighted by atomic mass is 10.2. The van der Waals surface area contributed by atoms with Gasteiger partial charge < -0.3 is 15.4 Å². The summed E-state index contributed by atoms with van der Waals surface area (Å²) in [7, 11) is 0. The highest BCUT2D eigenvalue weighted by Gasteiger charge is 2.20. The minimum Gasteiger partial charge on any atom is -0.448 e. The van der Waals surface area contributed by atoms with Crippen molar-refractivity contribution < 1.29 is 19.1 Å². The van der Waals surface area contributed by atoms with Gasteiger partial charge in [0.2, 0.25) is 5.91 Å². The van der Waals surface area contributed by atoms with Crippen LogP contribution in [-0.2, 0) is 14.3 Å². The molecule has 0 aliphatic carbocycles. The number of hydrogen-bond donors (Lipinski definition) is 2. The Hall–Kier alpha value is -2.67. The highest BCUT2D eigenvalue weighted by atomic mass is 32.1. The van der Waals surface area contributed by atoms with Crippen molar-refractivity contribution >= 4 is 40.5 Å². The maximum Gasteiger partial charge on any atom is 0.349 e. The van der Waals surface area contributed by atoms with Gasteiger partial charge in [0.05, 0.1) is 0 Å². The standard InChI is InChI=1S/C17H18N2O4S/c1-10-8-9-24-15(10)17(22)23-11(2)16(21)19-14-6-4-13(5-7-14)18-12(3)20/h4-9,11H,1-3H3,(H,18,20)(H,19,21)/t11-/m0/s1. The second-order valence-corrected chi connectivity index (χ2v) is 6.14. The summed E-state index contributed by atoms with van der Waals surface area (Å²) in [5.74, 6) is -1.10. The van der Waals surface area contributed by atoms with Crippen molar-refractivity contribution in [1.29, 1.82) is 0 Å². The summed E-state index contributed by atoms with van der Waals surface area (Å²) in [4.78, 5) is 35.6. The Labute approximate surface area is 143 Å². The summed E-state index contributed by atoms with van der Waals surface area (Å²) in [6.45, 7) is 4.75. The smallest absolute Gasteiger partial charge is 0.349 e. The summed E-state index contributed by atoms with van der Waals surface area (Å²) in [5.41, 5.74) is 2.00. The summed E-state index contributed by atoms with van der Waals surface area (Å²) in [5, 5.41) is 7.10. The van der Waals surface area contributed by atoms with Crippen LogP contribution in [0.15, 0.2) is 35.7 Å². The third-order valence-electron chi connectivity index (χ3n) is 3.17. The number of thiophene rings is 1. The molecule has 0 saturated carbocycles. The van der Waals surface area contributed by atoms with Gasteiger partial charge in [0.25, 0.3) is 5.91 Å². The second kappa shape index (κ2) is 7.74. The number of esters is 1. The fourth-order valence-electron chi connectivity index (χ4n) is 1.93. The molecule has 1 heterocycles. The van der Waals surface area contributed by atoms with Gasteiger partial charge in [-0.15, -0.1) is 11.3 Å². The van der Waals surface area contributed by atoms with Crippen molar-refractivity contribution in [2.24, 2.45) is 0 Å². The minimum absolute atomic E-state index is 0.170. The molecule has 2 N–H and O–H groups in total. The van der Waals surface area contributed by atoms with Gasteiger partial charge in [0, 0.05) is 18.3 Å². The van der Waals surface area contributed by atoms with E-state index in [0.717, 1.165) is 5.56 Å². The average Bonchev–Trinajstić information content (AvgIpc) is 2.94. The number of nitrogens with one attached hydrogen (secondary N) is 2. The number of aryl methyl sites for hydroxylation is 1. The number of carbonyl (C=O) groups is 3.